The minimum Gasteiger partial charge on any atom is -0.361 e. The Balaban J connectivity index is 1.79. The van der Waals surface area contributed by atoms with Gasteiger partial charge in [0.05, 0.1) is 17.5 Å². The van der Waals surface area contributed by atoms with Crippen LogP contribution in [-0.2, 0) is 0 Å². The quantitative estimate of drug-likeness (QED) is 0.526. The van der Waals surface area contributed by atoms with Crippen molar-refractivity contribution in [3.8, 4) is 0 Å². The van der Waals surface area contributed by atoms with Crippen molar-refractivity contribution >= 4 is 46.5 Å². The van der Waals surface area contributed by atoms with E-state index in [0.717, 1.165) is 22.0 Å². The lowest BCUT2D eigenvalue weighted by molar-refractivity contribution is 1.26. The van der Waals surface area contributed by atoms with Gasteiger partial charge in [0.1, 0.15) is 0 Å². The third-order valence-electron chi connectivity index (χ3n) is 3.04. The number of para-hydroxylation sites is 1. The largest absolute Gasteiger partial charge is 0.361 e. The standard InChI is InChI=1S/C16H11Cl2N3/c17-13-6-5-11(15(18)7-13)9-20-21-10-12-8-19-16-4-2-1-3-14(12)16/h1-10,19H/b20-9-,21-10+. The molecule has 21 heavy (non-hydrogen) atoms. The van der Waals surface area contributed by atoms with Gasteiger partial charge in [-0.25, -0.2) is 0 Å². The minimum atomic E-state index is 0.550. The molecule has 0 saturated carbocycles. The second-order valence-electron chi connectivity index (χ2n) is 4.44. The molecule has 1 aromatic heterocycles. The second kappa shape index (κ2) is 6.12. The number of halogens is 2. The number of aromatic amines is 1. The molecule has 0 saturated heterocycles. The normalized spacial score (nSPS) is 11.9. The minimum absolute atomic E-state index is 0.550. The second-order valence-corrected chi connectivity index (χ2v) is 5.29. The summed E-state index contributed by atoms with van der Waals surface area (Å²) in [5, 5.41) is 10.3. The Morgan fingerprint density at radius 2 is 1.67 bits per heavy atom. The average molecular weight is 316 g/mol. The number of benzene rings is 2. The summed E-state index contributed by atoms with van der Waals surface area (Å²) in [6.07, 6.45) is 5.21. The molecule has 0 aliphatic carbocycles. The number of H-pyrrole nitrogens is 1. The summed E-state index contributed by atoms with van der Waals surface area (Å²) in [5.41, 5.74) is 2.84. The van der Waals surface area contributed by atoms with E-state index in [1.165, 1.54) is 0 Å². The van der Waals surface area contributed by atoms with E-state index in [4.69, 9.17) is 23.2 Å². The molecule has 3 rings (SSSR count). The fourth-order valence-electron chi connectivity index (χ4n) is 2.00. The highest BCUT2D eigenvalue weighted by Crippen LogP contribution is 2.19. The van der Waals surface area contributed by atoms with Crippen LogP contribution in [0.1, 0.15) is 11.1 Å². The van der Waals surface area contributed by atoms with Crippen molar-refractivity contribution < 1.29 is 0 Å². The van der Waals surface area contributed by atoms with Crippen LogP contribution in [0.25, 0.3) is 10.9 Å². The molecule has 2 aromatic carbocycles. The topological polar surface area (TPSA) is 40.5 Å². The van der Waals surface area contributed by atoms with Crippen LogP contribution in [0, 0.1) is 0 Å². The summed E-state index contributed by atoms with van der Waals surface area (Å²) in [4.78, 5) is 3.18. The van der Waals surface area contributed by atoms with Crippen LogP contribution < -0.4 is 0 Å². The highest BCUT2D eigenvalue weighted by Gasteiger charge is 1.99. The highest BCUT2D eigenvalue weighted by atomic mass is 35.5. The van der Waals surface area contributed by atoms with Crippen LogP contribution in [0.5, 0.6) is 0 Å². The van der Waals surface area contributed by atoms with Crippen molar-refractivity contribution in [3.63, 3.8) is 0 Å². The van der Waals surface area contributed by atoms with Crippen LogP contribution in [0.3, 0.4) is 0 Å². The Kier molecular flexibility index (Phi) is 4.04. The van der Waals surface area contributed by atoms with Crippen molar-refractivity contribution in [2.24, 2.45) is 10.2 Å². The first kappa shape index (κ1) is 13.9. The number of fused-ring (bicyclic) bond motifs is 1. The molecule has 1 heterocycles. The fourth-order valence-corrected chi connectivity index (χ4v) is 2.46. The molecule has 0 bridgehead atoms. The van der Waals surface area contributed by atoms with E-state index in [1.807, 2.05) is 30.5 Å². The summed E-state index contributed by atoms with van der Waals surface area (Å²) in [6, 6.07) is 13.3. The Bertz CT molecular complexity index is 834. The summed E-state index contributed by atoms with van der Waals surface area (Å²) in [5.74, 6) is 0. The summed E-state index contributed by atoms with van der Waals surface area (Å²) in [6.45, 7) is 0. The van der Waals surface area contributed by atoms with Crippen LogP contribution in [0.2, 0.25) is 10.0 Å². The predicted molar refractivity (Wildman–Crippen MR) is 89.9 cm³/mol. The van der Waals surface area contributed by atoms with Crippen LogP contribution in [0.4, 0.5) is 0 Å². The first-order chi connectivity index (χ1) is 10.2. The van der Waals surface area contributed by atoms with Gasteiger partial charge in [-0.3, -0.25) is 0 Å². The SMILES string of the molecule is Clc1ccc(/C=N\N=C\c2c[nH]c3ccccc23)c(Cl)c1. The molecule has 3 aromatic rings. The summed E-state index contributed by atoms with van der Waals surface area (Å²) in [7, 11) is 0. The lowest BCUT2D eigenvalue weighted by Gasteiger charge is -1.96. The monoisotopic (exact) mass is 315 g/mol. The molecule has 0 unspecified atom stereocenters. The van der Waals surface area contributed by atoms with E-state index < -0.39 is 0 Å². The number of aromatic nitrogens is 1. The van der Waals surface area contributed by atoms with E-state index in [2.05, 4.69) is 15.2 Å². The molecule has 0 amide bonds. The molecule has 1 N–H and O–H groups in total. The van der Waals surface area contributed by atoms with Gasteiger partial charge in [-0.05, 0) is 18.2 Å². The fraction of sp³-hybridized carbons (Fsp3) is 0. The average Bonchev–Trinajstić information content (AvgIpc) is 2.89. The van der Waals surface area contributed by atoms with Crippen molar-refractivity contribution in [2.45, 2.75) is 0 Å². The van der Waals surface area contributed by atoms with Gasteiger partial charge >= 0.3 is 0 Å². The van der Waals surface area contributed by atoms with E-state index >= 15 is 0 Å². The van der Waals surface area contributed by atoms with Crippen molar-refractivity contribution in [3.05, 3.63) is 69.8 Å². The smallest absolute Gasteiger partial charge is 0.0589 e. The Morgan fingerprint density at radius 3 is 2.48 bits per heavy atom. The first-order valence-electron chi connectivity index (χ1n) is 6.31. The predicted octanol–water partition coefficient (Wildman–Crippen LogP) is 4.93. The van der Waals surface area contributed by atoms with Crippen LogP contribution in [0.15, 0.2) is 58.9 Å². The summed E-state index contributed by atoms with van der Waals surface area (Å²) >= 11 is 11.9. The van der Waals surface area contributed by atoms with Crippen LogP contribution in [-0.4, -0.2) is 17.4 Å². The van der Waals surface area contributed by atoms with Crippen LogP contribution >= 0.6 is 23.2 Å². The molecule has 0 spiro atoms. The zero-order valence-corrected chi connectivity index (χ0v) is 12.4. The number of nitrogens with one attached hydrogen (secondary N) is 1. The van der Waals surface area contributed by atoms with Gasteiger partial charge in [0.25, 0.3) is 0 Å². The molecular weight excluding hydrogens is 305 g/mol. The molecule has 0 aliphatic heterocycles. The molecule has 104 valence electrons. The van der Waals surface area contributed by atoms with Gasteiger partial charge in [0, 0.05) is 33.2 Å². The van der Waals surface area contributed by atoms with Crippen molar-refractivity contribution in [2.75, 3.05) is 0 Å². The molecule has 5 heteroatoms. The van der Waals surface area contributed by atoms with E-state index in [9.17, 15) is 0 Å². The van der Waals surface area contributed by atoms with Gasteiger partial charge in [0.2, 0.25) is 0 Å². The molecule has 0 fully saturated rings. The number of hydrogen-bond acceptors (Lipinski definition) is 2. The molecule has 3 nitrogen and oxygen atoms in total. The number of hydrogen-bond donors (Lipinski definition) is 1. The summed E-state index contributed by atoms with van der Waals surface area (Å²) < 4.78 is 0. The maximum atomic E-state index is 6.05. The lowest BCUT2D eigenvalue weighted by Crippen LogP contribution is -1.82. The maximum Gasteiger partial charge on any atom is 0.0589 e. The van der Waals surface area contributed by atoms with Crippen molar-refractivity contribution in [1.82, 2.24) is 4.98 Å². The van der Waals surface area contributed by atoms with E-state index in [1.54, 1.807) is 30.6 Å². The van der Waals surface area contributed by atoms with E-state index in [-0.39, 0.29) is 0 Å². The molecular formula is C16H11Cl2N3. The first-order valence-corrected chi connectivity index (χ1v) is 7.07. The van der Waals surface area contributed by atoms with Gasteiger partial charge in [-0.15, -0.1) is 0 Å². The Morgan fingerprint density at radius 1 is 0.905 bits per heavy atom. The molecule has 0 aliphatic rings. The Hall–Kier alpha value is -2.10. The molecule has 0 atom stereocenters. The third-order valence-corrected chi connectivity index (χ3v) is 3.61. The zero-order valence-electron chi connectivity index (χ0n) is 10.9. The number of rotatable bonds is 3. The Labute approximate surface area is 131 Å². The van der Waals surface area contributed by atoms with E-state index in [0.29, 0.717) is 10.0 Å². The highest BCUT2D eigenvalue weighted by molar-refractivity contribution is 6.36. The zero-order chi connectivity index (χ0) is 14.7. The van der Waals surface area contributed by atoms with Gasteiger partial charge < -0.3 is 4.98 Å². The van der Waals surface area contributed by atoms with Gasteiger partial charge in [-0.2, -0.15) is 10.2 Å². The third kappa shape index (κ3) is 3.15. The number of nitrogens with zero attached hydrogens (tertiary/aromatic N) is 2. The molecule has 0 radical (unpaired) electrons. The van der Waals surface area contributed by atoms with Gasteiger partial charge in [0.15, 0.2) is 0 Å². The van der Waals surface area contributed by atoms with Crippen molar-refractivity contribution in [1.29, 1.82) is 0 Å². The lowest BCUT2D eigenvalue weighted by atomic mass is 10.2. The van der Waals surface area contributed by atoms with Gasteiger partial charge in [-0.1, -0.05) is 47.5 Å². The maximum absolute atomic E-state index is 6.05.